The number of halogens is 1. The van der Waals surface area contributed by atoms with Crippen molar-refractivity contribution < 1.29 is 13.5 Å². The van der Waals surface area contributed by atoms with Crippen molar-refractivity contribution in [2.75, 3.05) is 12.3 Å². The van der Waals surface area contributed by atoms with Crippen LogP contribution in [0.2, 0.25) is 5.02 Å². The Hall–Kier alpha value is -0.820. The number of benzene rings is 1. The molecule has 0 saturated heterocycles. The Morgan fingerprint density at radius 3 is 2.50 bits per heavy atom. The van der Waals surface area contributed by atoms with Crippen LogP contribution < -0.4 is 10.5 Å². The van der Waals surface area contributed by atoms with E-state index in [0.717, 1.165) is 12.8 Å². The van der Waals surface area contributed by atoms with Crippen molar-refractivity contribution in [3.8, 4) is 0 Å². The lowest BCUT2D eigenvalue weighted by molar-refractivity contribution is 0.185. The predicted molar refractivity (Wildman–Crippen MR) is 79.2 cm³/mol. The van der Waals surface area contributed by atoms with Crippen LogP contribution in [0, 0.1) is 6.92 Å². The van der Waals surface area contributed by atoms with E-state index in [1.165, 1.54) is 12.1 Å². The molecule has 112 valence electrons. The van der Waals surface area contributed by atoms with Crippen molar-refractivity contribution in [2.45, 2.75) is 43.0 Å². The number of nitrogens with one attached hydrogen (secondary N) is 1. The second-order valence-electron chi connectivity index (χ2n) is 5.37. The highest BCUT2D eigenvalue weighted by Gasteiger charge is 2.37. The lowest BCUT2D eigenvalue weighted by Crippen LogP contribution is -2.49. The first-order valence-electron chi connectivity index (χ1n) is 6.50. The number of nitrogens with two attached hydrogens (primary N) is 1. The van der Waals surface area contributed by atoms with E-state index in [0.29, 0.717) is 29.1 Å². The molecule has 0 aliphatic heterocycles. The summed E-state index contributed by atoms with van der Waals surface area (Å²) >= 11 is 5.99. The van der Waals surface area contributed by atoms with Crippen LogP contribution in [-0.4, -0.2) is 25.7 Å². The number of aliphatic hydroxyl groups excluding tert-OH is 1. The zero-order valence-electron chi connectivity index (χ0n) is 11.3. The minimum absolute atomic E-state index is 0.0327. The largest absolute Gasteiger partial charge is 0.398 e. The highest BCUT2D eigenvalue weighted by Crippen LogP contribution is 2.32. The molecule has 0 spiro atoms. The van der Waals surface area contributed by atoms with Gasteiger partial charge in [0.2, 0.25) is 10.0 Å². The fraction of sp³-hybridized carbons (Fsp3) is 0.538. The summed E-state index contributed by atoms with van der Waals surface area (Å²) in [6, 6.07) is 2.78. The Labute approximate surface area is 124 Å². The Kier molecular flexibility index (Phi) is 4.30. The van der Waals surface area contributed by atoms with Gasteiger partial charge in [0, 0.05) is 10.7 Å². The van der Waals surface area contributed by atoms with Gasteiger partial charge < -0.3 is 10.8 Å². The third kappa shape index (κ3) is 2.93. The van der Waals surface area contributed by atoms with E-state index < -0.39 is 15.6 Å². The molecule has 0 heterocycles. The highest BCUT2D eigenvalue weighted by atomic mass is 35.5. The molecule has 2 rings (SSSR count). The summed E-state index contributed by atoms with van der Waals surface area (Å²) in [6.45, 7) is 1.52. The maximum atomic E-state index is 12.4. The summed E-state index contributed by atoms with van der Waals surface area (Å²) in [6.07, 6.45) is 3.08. The SMILES string of the molecule is Cc1c(N)cc(S(=O)(=O)NC2(CO)CCCC2)cc1Cl. The topological polar surface area (TPSA) is 92.4 Å². The van der Waals surface area contributed by atoms with E-state index in [1.54, 1.807) is 6.92 Å². The molecule has 0 radical (unpaired) electrons. The fourth-order valence-corrected chi connectivity index (χ4v) is 4.32. The predicted octanol–water partition coefficient (Wildman–Crippen LogP) is 1.81. The van der Waals surface area contributed by atoms with Crippen LogP contribution in [0.1, 0.15) is 31.2 Å². The summed E-state index contributed by atoms with van der Waals surface area (Å²) in [7, 11) is -3.75. The van der Waals surface area contributed by atoms with Gasteiger partial charge in [-0.1, -0.05) is 24.4 Å². The van der Waals surface area contributed by atoms with Crippen molar-refractivity contribution in [1.82, 2.24) is 4.72 Å². The highest BCUT2D eigenvalue weighted by molar-refractivity contribution is 7.89. The van der Waals surface area contributed by atoms with Crippen molar-refractivity contribution in [3.63, 3.8) is 0 Å². The van der Waals surface area contributed by atoms with Gasteiger partial charge in [0.05, 0.1) is 17.0 Å². The molecule has 1 fully saturated rings. The van der Waals surface area contributed by atoms with E-state index in [-0.39, 0.29) is 11.5 Å². The molecular formula is C13H19ClN2O3S. The Morgan fingerprint density at radius 1 is 1.40 bits per heavy atom. The van der Waals surface area contributed by atoms with Crippen LogP contribution in [-0.2, 0) is 10.0 Å². The van der Waals surface area contributed by atoms with Gasteiger partial charge >= 0.3 is 0 Å². The van der Waals surface area contributed by atoms with Gasteiger partial charge in [0.15, 0.2) is 0 Å². The van der Waals surface area contributed by atoms with Gasteiger partial charge in [-0.2, -0.15) is 0 Å². The van der Waals surface area contributed by atoms with Crippen LogP contribution >= 0.6 is 11.6 Å². The van der Waals surface area contributed by atoms with E-state index in [1.807, 2.05) is 0 Å². The Balaban J connectivity index is 2.36. The minimum Gasteiger partial charge on any atom is -0.398 e. The molecular weight excluding hydrogens is 300 g/mol. The second-order valence-corrected chi connectivity index (χ2v) is 7.46. The fourth-order valence-electron chi connectivity index (χ4n) is 2.52. The molecule has 0 atom stereocenters. The molecule has 1 aliphatic rings. The molecule has 1 aromatic rings. The number of sulfonamides is 1. The summed E-state index contributed by atoms with van der Waals surface area (Å²) in [5, 5.41) is 9.82. The smallest absolute Gasteiger partial charge is 0.241 e. The Morgan fingerprint density at radius 2 is 2.00 bits per heavy atom. The third-order valence-corrected chi connectivity index (χ3v) is 5.83. The van der Waals surface area contributed by atoms with Crippen LogP contribution in [0.25, 0.3) is 0 Å². The number of hydrogen-bond acceptors (Lipinski definition) is 4. The van der Waals surface area contributed by atoms with Crippen molar-refractivity contribution in [3.05, 3.63) is 22.7 Å². The molecule has 1 saturated carbocycles. The van der Waals surface area contributed by atoms with Crippen LogP contribution in [0.3, 0.4) is 0 Å². The summed E-state index contributed by atoms with van der Waals surface area (Å²) < 4.78 is 27.5. The van der Waals surface area contributed by atoms with Crippen molar-refractivity contribution >= 4 is 27.3 Å². The molecule has 4 N–H and O–H groups in total. The molecule has 0 amide bonds. The molecule has 0 aromatic heterocycles. The van der Waals surface area contributed by atoms with Gasteiger partial charge in [-0.05, 0) is 37.5 Å². The quantitative estimate of drug-likeness (QED) is 0.738. The first-order chi connectivity index (χ1) is 9.30. The Bertz CT molecular complexity index is 587. The molecule has 1 aliphatic carbocycles. The average Bonchev–Trinajstić information content (AvgIpc) is 2.83. The monoisotopic (exact) mass is 318 g/mol. The minimum atomic E-state index is -3.75. The maximum Gasteiger partial charge on any atom is 0.241 e. The summed E-state index contributed by atoms with van der Waals surface area (Å²) in [5.74, 6) is 0. The number of anilines is 1. The van der Waals surface area contributed by atoms with E-state index in [2.05, 4.69) is 4.72 Å². The van der Waals surface area contributed by atoms with E-state index >= 15 is 0 Å². The lowest BCUT2D eigenvalue weighted by Gasteiger charge is -2.27. The first-order valence-corrected chi connectivity index (χ1v) is 8.36. The third-order valence-electron chi connectivity index (χ3n) is 3.88. The van der Waals surface area contributed by atoms with Crippen LogP contribution in [0.5, 0.6) is 0 Å². The standard InChI is InChI=1S/C13H19ClN2O3S/c1-9-11(14)6-10(7-12(9)15)20(18,19)16-13(8-17)4-2-3-5-13/h6-7,16-17H,2-5,8,15H2,1H3. The number of nitrogen functional groups attached to an aromatic ring is 1. The molecule has 0 bridgehead atoms. The summed E-state index contributed by atoms with van der Waals surface area (Å²) in [4.78, 5) is 0.0327. The van der Waals surface area contributed by atoms with Gasteiger partial charge in [-0.25, -0.2) is 13.1 Å². The van der Waals surface area contributed by atoms with Crippen molar-refractivity contribution in [1.29, 1.82) is 0 Å². The number of hydrogen-bond donors (Lipinski definition) is 3. The number of aliphatic hydroxyl groups is 1. The lowest BCUT2D eigenvalue weighted by atomic mass is 10.0. The van der Waals surface area contributed by atoms with Gasteiger partial charge in [0.25, 0.3) is 0 Å². The second kappa shape index (κ2) is 5.52. The zero-order chi connectivity index (χ0) is 15.0. The molecule has 7 heteroatoms. The molecule has 20 heavy (non-hydrogen) atoms. The molecule has 5 nitrogen and oxygen atoms in total. The maximum absolute atomic E-state index is 12.4. The van der Waals surface area contributed by atoms with Gasteiger partial charge in [-0.15, -0.1) is 0 Å². The average molecular weight is 319 g/mol. The molecule has 0 unspecified atom stereocenters. The van der Waals surface area contributed by atoms with Crippen molar-refractivity contribution in [2.24, 2.45) is 0 Å². The van der Waals surface area contributed by atoms with Crippen LogP contribution in [0.15, 0.2) is 17.0 Å². The normalized spacial score (nSPS) is 18.4. The van der Waals surface area contributed by atoms with Crippen LogP contribution in [0.4, 0.5) is 5.69 Å². The molecule has 1 aromatic carbocycles. The van der Waals surface area contributed by atoms with E-state index in [4.69, 9.17) is 17.3 Å². The van der Waals surface area contributed by atoms with Gasteiger partial charge in [-0.3, -0.25) is 0 Å². The first kappa shape index (κ1) is 15.6. The number of rotatable bonds is 4. The van der Waals surface area contributed by atoms with E-state index in [9.17, 15) is 13.5 Å². The van der Waals surface area contributed by atoms with Gasteiger partial charge in [0.1, 0.15) is 0 Å². The summed E-state index contributed by atoms with van der Waals surface area (Å²) in [5.41, 5.74) is 6.00. The zero-order valence-corrected chi connectivity index (χ0v) is 12.9.